The molecule has 4 fully saturated rings. The van der Waals surface area contributed by atoms with Gasteiger partial charge in [-0.15, -0.1) is 0 Å². The Kier molecular flexibility index (Phi) is 2.79. The van der Waals surface area contributed by atoms with Crippen LogP contribution in [0.2, 0.25) is 0 Å². The van der Waals surface area contributed by atoms with Crippen molar-refractivity contribution in [3.63, 3.8) is 0 Å². The van der Waals surface area contributed by atoms with Crippen LogP contribution in [0.3, 0.4) is 0 Å². The number of nitrogens with two attached hydrogens (primary N) is 1. The van der Waals surface area contributed by atoms with E-state index in [1.54, 1.807) is 0 Å². The summed E-state index contributed by atoms with van der Waals surface area (Å²) in [5.74, 6) is 1.97. The van der Waals surface area contributed by atoms with E-state index in [9.17, 15) is 0 Å². The van der Waals surface area contributed by atoms with Gasteiger partial charge >= 0.3 is 0 Å². The lowest BCUT2D eigenvalue weighted by molar-refractivity contribution is -0.127. The van der Waals surface area contributed by atoms with E-state index in [1.807, 2.05) is 0 Å². The highest BCUT2D eigenvalue weighted by Gasteiger charge is 2.58. The van der Waals surface area contributed by atoms with Crippen LogP contribution in [0, 0.1) is 17.3 Å². The molecule has 4 aliphatic rings. The maximum atomic E-state index is 6.15. The molecular formula is C15H28N2. The smallest absolute Gasteiger partial charge is 0.0220 e. The van der Waals surface area contributed by atoms with Gasteiger partial charge in [0.25, 0.3) is 0 Å². The van der Waals surface area contributed by atoms with Crippen molar-refractivity contribution < 1.29 is 0 Å². The summed E-state index contributed by atoms with van der Waals surface area (Å²) < 4.78 is 0. The number of hydrogen-bond acceptors (Lipinski definition) is 2. The summed E-state index contributed by atoms with van der Waals surface area (Å²) in [5.41, 5.74) is 7.21. The van der Waals surface area contributed by atoms with E-state index in [0.29, 0.717) is 11.0 Å². The van der Waals surface area contributed by atoms with Crippen LogP contribution >= 0.6 is 0 Å². The molecular weight excluding hydrogens is 208 g/mol. The van der Waals surface area contributed by atoms with Crippen LogP contribution in [0.1, 0.15) is 52.4 Å². The minimum absolute atomic E-state index is 0.521. The minimum atomic E-state index is 0.521. The van der Waals surface area contributed by atoms with Crippen LogP contribution in [-0.2, 0) is 0 Å². The predicted molar refractivity (Wildman–Crippen MR) is 71.8 cm³/mol. The lowest BCUT2D eigenvalue weighted by Gasteiger charge is -2.65. The van der Waals surface area contributed by atoms with Gasteiger partial charge in [-0.2, -0.15) is 0 Å². The van der Waals surface area contributed by atoms with Crippen molar-refractivity contribution in [1.82, 2.24) is 4.90 Å². The van der Waals surface area contributed by atoms with Crippen LogP contribution in [-0.4, -0.2) is 30.1 Å². The third kappa shape index (κ3) is 1.67. The average Bonchev–Trinajstić information content (AvgIpc) is 2.28. The summed E-state index contributed by atoms with van der Waals surface area (Å²) in [6.07, 6.45) is 8.70. The fourth-order valence-electron chi connectivity index (χ4n) is 5.91. The van der Waals surface area contributed by atoms with Crippen molar-refractivity contribution in [2.24, 2.45) is 23.0 Å². The SMILES string of the molecule is CCN(CC)C12CC3CC(CC(CN)(C3)C1)C2. The van der Waals surface area contributed by atoms with E-state index in [4.69, 9.17) is 5.73 Å². The molecule has 2 atom stereocenters. The fraction of sp³-hybridized carbons (Fsp3) is 1.00. The molecule has 0 heterocycles. The van der Waals surface area contributed by atoms with Gasteiger partial charge in [-0.1, -0.05) is 13.8 Å². The molecule has 0 aliphatic heterocycles. The molecule has 17 heavy (non-hydrogen) atoms. The monoisotopic (exact) mass is 236 g/mol. The van der Waals surface area contributed by atoms with Gasteiger partial charge in [-0.05, 0) is 75.4 Å². The summed E-state index contributed by atoms with van der Waals surface area (Å²) in [5, 5.41) is 0. The Morgan fingerprint density at radius 1 is 1.06 bits per heavy atom. The molecule has 0 spiro atoms. The molecule has 2 N–H and O–H groups in total. The normalized spacial score (nSPS) is 48.0. The highest BCUT2D eigenvalue weighted by atomic mass is 15.2. The van der Waals surface area contributed by atoms with Gasteiger partial charge in [0.2, 0.25) is 0 Å². The second-order valence-corrected chi connectivity index (χ2v) is 7.06. The summed E-state index contributed by atoms with van der Waals surface area (Å²) >= 11 is 0. The van der Waals surface area contributed by atoms with Crippen molar-refractivity contribution in [3.8, 4) is 0 Å². The Morgan fingerprint density at radius 2 is 1.65 bits per heavy atom. The second-order valence-electron chi connectivity index (χ2n) is 7.06. The van der Waals surface area contributed by atoms with Gasteiger partial charge in [-0.3, -0.25) is 4.90 Å². The molecule has 98 valence electrons. The van der Waals surface area contributed by atoms with Crippen molar-refractivity contribution in [2.45, 2.75) is 57.9 Å². The topological polar surface area (TPSA) is 29.3 Å². The van der Waals surface area contributed by atoms with Crippen LogP contribution in [0.25, 0.3) is 0 Å². The number of hydrogen-bond donors (Lipinski definition) is 1. The fourth-order valence-corrected chi connectivity index (χ4v) is 5.91. The van der Waals surface area contributed by atoms with E-state index in [-0.39, 0.29) is 0 Å². The molecule has 0 aromatic carbocycles. The van der Waals surface area contributed by atoms with Gasteiger partial charge in [0.1, 0.15) is 0 Å². The quantitative estimate of drug-likeness (QED) is 0.813. The van der Waals surface area contributed by atoms with E-state index in [0.717, 1.165) is 18.4 Å². The average molecular weight is 236 g/mol. The molecule has 2 nitrogen and oxygen atoms in total. The summed E-state index contributed by atoms with van der Waals surface area (Å²) in [4.78, 5) is 2.76. The highest BCUT2D eigenvalue weighted by molar-refractivity contribution is 5.12. The molecule has 2 heteroatoms. The first-order chi connectivity index (χ1) is 8.15. The van der Waals surface area contributed by atoms with Gasteiger partial charge in [0.05, 0.1) is 0 Å². The van der Waals surface area contributed by atoms with E-state index in [2.05, 4.69) is 18.7 Å². The third-order valence-electron chi connectivity index (χ3n) is 6.02. The third-order valence-corrected chi connectivity index (χ3v) is 6.02. The first kappa shape index (κ1) is 12.0. The maximum absolute atomic E-state index is 6.15. The minimum Gasteiger partial charge on any atom is -0.330 e. The Morgan fingerprint density at radius 3 is 2.12 bits per heavy atom. The van der Waals surface area contributed by atoms with Crippen molar-refractivity contribution in [2.75, 3.05) is 19.6 Å². The van der Waals surface area contributed by atoms with Gasteiger partial charge < -0.3 is 5.73 Å². The van der Waals surface area contributed by atoms with Crippen LogP contribution in [0.5, 0.6) is 0 Å². The maximum Gasteiger partial charge on any atom is 0.0220 e. The molecule has 0 aromatic rings. The second kappa shape index (κ2) is 3.96. The Hall–Kier alpha value is -0.0800. The Balaban J connectivity index is 1.91. The van der Waals surface area contributed by atoms with Crippen molar-refractivity contribution in [3.05, 3.63) is 0 Å². The lowest BCUT2D eigenvalue weighted by Crippen LogP contribution is -2.64. The zero-order valence-corrected chi connectivity index (χ0v) is 11.5. The molecule has 2 unspecified atom stereocenters. The molecule has 0 amide bonds. The zero-order valence-electron chi connectivity index (χ0n) is 11.5. The van der Waals surface area contributed by atoms with E-state index in [1.165, 1.54) is 51.6 Å². The predicted octanol–water partition coefficient (Wildman–Crippen LogP) is 2.63. The molecule has 0 saturated heterocycles. The molecule has 0 radical (unpaired) electrons. The largest absolute Gasteiger partial charge is 0.330 e. The first-order valence-electron chi connectivity index (χ1n) is 7.60. The van der Waals surface area contributed by atoms with E-state index >= 15 is 0 Å². The molecule has 4 bridgehead atoms. The van der Waals surface area contributed by atoms with Crippen molar-refractivity contribution in [1.29, 1.82) is 0 Å². The van der Waals surface area contributed by atoms with Crippen molar-refractivity contribution >= 4 is 0 Å². The molecule has 4 aliphatic carbocycles. The van der Waals surface area contributed by atoms with Gasteiger partial charge in [0, 0.05) is 5.54 Å². The van der Waals surface area contributed by atoms with Gasteiger partial charge in [0.15, 0.2) is 0 Å². The molecule has 0 aromatic heterocycles. The lowest BCUT2D eigenvalue weighted by atomic mass is 9.46. The van der Waals surface area contributed by atoms with Crippen LogP contribution in [0.15, 0.2) is 0 Å². The first-order valence-corrected chi connectivity index (χ1v) is 7.60. The summed E-state index contributed by atoms with van der Waals surface area (Å²) in [6, 6.07) is 0. The molecule has 4 rings (SSSR count). The number of nitrogens with zero attached hydrogens (tertiary/aromatic N) is 1. The zero-order chi connectivity index (χ0) is 12.1. The van der Waals surface area contributed by atoms with Gasteiger partial charge in [-0.25, -0.2) is 0 Å². The highest BCUT2D eigenvalue weighted by Crippen LogP contribution is 2.62. The number of rotatable bonds is 4. The Labute approximate surface area is 106 Å². The standard InChI is InChI=1S/C15H28N2/c1-3-17(4-2)15-8-12-5-13(9-15)7-14(6-12,10-15)11-16/h12-13H,3-11,16H2,1-2H3. The summed E-state index contributed by atoms with van der Waals surface area (Å²) in [7, 11) is 0. The molecule has 4 saturated carbocycles. The van der Waals surface area contributed by atoms with Crippen LogP contribution < -0.4 is 5.73 Å². The van der Waals surface area contributed by atoms with E-state index < -0.39 is 0 Å². The summed E-state index contributed by atoms with van der Waals surface area (Å²) in [6.45, 7) is 8.03. The van der Waals surface area contributed by atoms with Crippen LogP contribution in [0.4, 0.5) is 0 Å². The Bertz CT molecular complexity index is 281.